The average Bonchev–Trinajstić information content (AvgIpc) is 2.27. The number of pyridine rings is 1. The van der Waals surface area contributed by atoms with Crippen LogP contribution in [0.3, 0.4) is 0 Å². The lowest BCUT2D eigenvalue weighted by molar-refractivity contribution is -0.385. The Kier molecular flexibility index (Phi) is 3.15. The van der Waals surface area contributed by atoms with Crippen LogP contribution in [0, 0.1) is 22.9 Å². The van der Waals surface area contributed by atoms with Gasteiger partial charge in [-0.2, -0.15) is 0 Å². The van der Waals surface area contributed by atoms with Gasteiger partial charge in [-0.15, -0.1) is 0 Å². The quantitative estimate of drug-likeness (QED) is 0.475. The molecule has 0 saturated carbocycles. The summed E-state index contributed by atoms with van der Waals surface area (Å²) >= 11 is 5.65. The lowest BCUT2D eigenvalue weighted by atomic mass is 10.1. The van der Waals surface area contributed by atoms with E-state index in [-0.39, 0.29) is 27.9 Å². The van der Waals surface area contributed by atoms with E-state index >= 15 is 0 Å². The number of aryl methyl sites for hydroxylation is 1. The van der Waals surface area contributed by atoms with Gasteiger partial charge in [-0.3, -0.25) is 15.1 Å². The predicted octanol–water partition coefficient (Wildman–Crippen LogP) is 2.55. The van der Waals surface area contributed by atoms with Crippen LogP contribution in [0.2, 0.25) is 5.28 Å². The third-order valence-electron chi connectivity index (χ3n) is 2.24. The molecule has 0 N–H and O–H groups in total. The Hall–Kier alpha value is -2.15. The summed E-state index contributed by atoms with van der Waals surface area (Å²) in [5.74, 6) is -0.713. The zero-order valence-electron chi connectivity index (χ0n) is 9.09. The molecule has 2 rings (SSSR count). The first-order valence-corrected chi connectivity index (χ1v) is 5.17. The van der Waals surface area contributed by atoms with E-state index < -0.39 is 10.7 Å². The monoisotopic (exact) mass is 268 g/mol. The molecule has 2 heterocycles. The number of hydrogen-bond donors (Lipinski definition) is 0. The fraction of sp³-hybridized carbons (Fsp3) is 0.100. The summed E-state index contributed by atoms with van der Waals surface area (Å²) in [6, 6.07) is 1.29. The number of nitrogens with zero attached hydrogens (tertiary/aromatic N) is 4. The summed E-state index contributed by atoms with van der Waals surface area (Å²) in [6.45, 7) is 1.41. The minimum Gasteiger partial charge on any atom is -0.262 e. The predicted molar refractivity (Wildman–Crippen MR) is 61.6 cm³/mol. The van der Waals surface area contributed by atoms with E-state index in [1.54, 1.807) is 0 Å². The van der Waals surface area contributed by atoms with Gasteiger partial charge in [0.25, 0.3) is 0 Å². The van der Waals surface area contributed by atoms with Crippen LogP contribution in [0.4, 0.5) is 10.1 Å². The van der Waals surface area contributed by atoms with Crippen LogP contribution in [0.25, 0.3) is 11.3 Å². The van der Waals surface area contributed by atoms with Crippen LogP contribution in [0.15, 0.2) is 18.5 Å². The molecule has 0 aromatic carbocycles. The Morgan fingerprint density at radius 1 is 1.44 bits per heavy atom. The van der Waals surface area contributed by atoms with Gasteiger partial charge < -0.3 is 0 Å². The second-order valence-corrected chi connectivity index (χ2v) is 3.73. The molecule has 0 aliphatic heterocycles. The standard InChI is InChI=1S/C10H6ClFN4O2/c1-5-9(16(17)18)8(15-10(11)14-5)6-2-3-13-4-7(6)12/h2-4H,1H3. The van der Waals surface area contributed by atoms with Crippen molar-refractivity contribution in [2.45, 2.75) is 6.92 Å². The van der Waals surface area contributed by atoms with E-state index in [1.807, 2.05) is 0 Å². The molecule has 0 spiro atoms. The van der Waals surface area contributed by atoms with Gasteiger partial charge in [-0.25, -0.2) is 14.4 Å². The van der Waals surface area contributed by atoms with Crippen LogP contribution < -0.4 is 0 Å². The van der Waals surface area contributed by atoms with Crippen molar-refractivity contribution in [1.29, 1.82) is 0 Å². The number of rotatable bonds is 2. The van der Waals surface area contributed by atoms with Gasteiger partial charge in [0.05, 0.1) is 11.1 Å². The molecule has 2 aromatic heterocycles. The molecule has 0 fully saturated rings. The van der Waals surface area contributed by atoms with E-state index in [0.717, 1.165) is 6.20 Å². The summed E-state index contributed by atoms with van der Waals surface area (Å²) < 4.78 is 13.6. The highest BCUT2D eigenvalue weighted by atomic mass is 35.5. The van der Waals surface area contributed by atoms with Gasteiger partial charge in [0.15, 0.2) is 11.5 Å². The highest BCUT2D eigenvalue weighted by Crippen LogP contribution is 2.32. The summed E-state index contributed by atoms with van der Waals surface area (Å²) in [4.78, 5) is 21.3. The summed E-state index contributed by atoms with van der Waals surface area (Å²) in [5.41, 5.74) is -0.489. The van der Waals surface area contributed by atoms with Crippen molar-refractivity contribution in [3.05, 3.63) is 45.4 Å². The van der Waals surface area contributed by atoms with Crippen LogP contribution in [-0.4, -0.2) is 19.9 Å². The minimum absolute atomic E-state index is 0.0379. The maximum absolute atomic E-state index is 13.6. The normalized spacial score (nSPS) is 10.4. The third kappa shape index (κ3) is 2.12. The smallest absolute Gasteiger partial charge is 0.262 e. The van der Waals surface area contributed by atoms with E-state index in [1.165, 1.54) is 19.2 Å². The zero-order valence-corrected chi connectivity index (χ0v) is 9.85. The molecular formula is C10H6ClFN4O2. The van der Waals surface area contributed by atoms with Crippen molar-refractivity contribution >= 4 is 17.3 Å². The van der Waals surface area contributed by atoms with Crippen molar-refractivity contribution < 1.29 is 9.31 Å². The summed E-state index contributed by atoms with van der Waals surface area (Å²) in [6.07, 6.45) is 2.26. The maximum atomic E-state index is 13.6. The van der Waals surface area contributed by atoms with Gasteiger partial charge in [0, 0.05) is 11.8 Å². The molecule has 0 amide bonds. The highest BCUT2D eigenvalue weighted by molar-refractivity contribution is 6.28. The number of nitro groups is 1. The van der Waals surface area contributed by atoms with E-state index in [9.17, 15) is 14.5 Å². The SMILES string of the molecule is Cc1nc(Cl)nc(-c2ccncc2F)c1[N+](=O)[O-]. The molecule has 0 bridgehead atoms. The molecular weight excluding hydrogens is 263 g/mol. The van der Waals surface area contributed by atoms with Crippen molar-refractivity contribution in [3.8, 4) is 11.3 Å². The molecule has 0 unspecified atom stereocenters. The van der Waals surface area contributed by atoms with Gasteiger partial charge in [-0.05, 0) is 24.6 Å². The van der Waals surface area contributed by atoms with Gasteiger partial charge in [0.2, 0.25) is 5.28 Å². The topological polar surface area (TPSA) is 81.8 Å². The van der Waals surface area contributed by atoms with Crippen molar-refractivity contribution in [2.75, 3.05) is 0 Å². The summed E-state index contributed by atoms with van der Waals surface area (Å²) in [5, 5.41) is 10.8. The first kappa shape index (κ1) is 12.3. The third-order valence-corrected chi connectivity index (χ3v) is 2.41. The molecule has 0 aliphatic carbocycles. The second kappa shape index (κ2) is 4.61. The lowest BCUT2D eigenvalue weighted by Crippen LogP contribution is -2.02. The van der Waals surface area contributed by atoms with E-state index in [0.29, 0.717) is 0 Å². The van der Waals surface area contributed by atoms with Crippen molar-refractivity contribution in [1.82, 2.24) is 15.0 Å². The molecule has 0 saturated heterocycles. The molecule has 92 valence electrons. The van der Waals surface area contributed by atoms with Crippen LogP contribution >= 0.6 is 11.6 Å². The molecule has 18 heavy (non-hydrogen) atoms. The number of hydrogen-bond acceptors (Lipinski definition) is 5. The summed E-state index contributed by atoms with van der Waals surface area (Å²) in [7, 11) is 0. The highest BCUT2D eigenvalue weighted by Gasteiger charge is 2.24. The molecule has 0 aliphatic rings. The molecule has 2 aromatic rings. The van der Waals surface area contributed by atoms with Crippen LogP contribution in [-0.2, 0) is 0 Å². The fourth-order valence-corrected chi connectivity index (χ4v) is 1.72. The number of halogens is 2. The second-order valence-electron chi connectivity index (χ2n) is 3.39. The molecule has 8 heteroatoms. The number of aromatic nitrogens is 3. The minimum atomic E-state index is -0.713. The Bertz CT molecular complexity index is 635. The molecule has 6 nitrogen and oxygen atoms in total. The van der Waals surface area contributed by atoms with Crippen LogP contribution in [0.1, 0.15) is 5.69 Å². The Balaban J connectivity index is 2.78. The van der Waals surface area contributed by atoms with Crippen molar-refractivity contribution in [2.24, 2.45) is 0 Å². The van der Waals surface area contributed by atoms with Crippen molar-refractivity contribution in [3.63, 3.8) is 0 Å². The van der Waals surface area contributed by atoms with Gasteiger partial charge >= 0.3 is 5.69 Å². The van der Waals surface area contributed by atoms with E-state index in [2.05, 4.69) is 15.0 Å². The zero-order chi connectivity index (χ0) is 13.3. The lowest BCUT2D eigenvalue weighted by Gasteiger charge is -2.05. The first-order valence-electron chi connectivity index (χ1n) is 4.79. The Morgan fingerprint density at radius 2 is 2.17 bits per heavy atom. The Morgan fingerprint density at radius 3 is 2.78 bits per heavy atom. The molecule has 0 atom stereocenters. The van der Waals surface area contributed by atoms with E-state index in [4.69, 9.17) is 11.6 Å². The van der Waals surface area contributed by atoms with Crippen LogP contribution in [0.5, 0.6) is 0 Å². The maximum Gasteiger partial charge on any atom is 0.316 e. The van der Waals surface area contributed by atoms with Gasteiger partial charge in [-0.1, -0.05) is 0 Å². The fourth-order valence-electron chi connectivity index (χ4n) is 1.51. The first-order chi connectivity index (χ1) is 8.50. The Labute approximate surface area is 106 Å². The van der Waals surface area contributed by atoms with Gasteiger partial charge in [0.1, 0.15) is 5.69 Å². The molecule has 0 radical (unpaired) electrons. The largest absolute Gasteiger partial charge is 0.316 e. The average molecular weight is 269 g/mol.